The molecule has 0 bridgehead atoms. The Morgan fingerprint density at radius 1 is 1.11 bits per heavy atom. The maximum atomic E-state index is 11.8. The summed E-state index contributed by atoms with van der Waals surface area (Å²) in [5, 5.41) is 8.59. The van der Waals surface area contributed by atoms with Crippen molar-refractivity contribution in [2.75, 3.05) is 20.2 Å². The Morgan fingerprint density at radius 3 is 2.33 bits per heavy atom. The first-order chi connectivity index (χ1) is 12.7. The van der Waals surface area contributed by atoms with Crippen LogP contribution in [0.3, 0.4) is 0 Å². The summed E-state index contributed by atoms with van der Waals surface area (Å²) in [4.78, 5) is 46.6. The van der Waals surface area contributed by atoms with Crippen LogP contribution in [-0.2, 0) is 28.7 Å². The highest BCUT2D eigenvalue weighted by Gasteiger charge is 2.19. The highest BCUT2D eigenvalue weighted by Crippen LogP contribution is 2.11. The van der Waals surface area contributed by atoms with E-state index in [1.54, 1.807) is 6.92 Å². The van der Waals surface area contributed by atoms with E-state index < -0.39 is 37.0 Å². The number of hydrogen-bond acceptors (Lipinski definition) is 6. The molecule has 1 atom stereocenters. The van der Waals surface area contributed by atoms with Crippen LogP contribution in [0.5, 0.6) is 0 Å². The van der Waals surface area contributed by atoms with Crippen molar-refractivity contribution in [2.24, 2.45) is 0 Å². The average Bonchev–Trinajstić information content (AvgIpc) is 2.58. The minimum Gasteiger partial charge on any atom is -0.480 e. The van der Waals surface area contributed by atoms with Gasteiger partial charge >= 0.3 is 17.9 Å². The second kappa shape index (κ2) is 13.8. The SMILES string of the molecule is C=C(CC(=O)OC(C)CCCCCCC)C(=O)OCC(=O)N(C)CC(=O)O. The van der Waals surface area contributed by atoms with Gasteiger partial charge in [0.15, 0.2) is 6.61 Å². The van der Waals surface area contributed by atoms with Crippen molar-refractivity contribution < 1.29 is 33.8 Å². The molecule has 0 fully saturated rings. The number of esters is 2. The third kappa shape index (κ3) is 12.6. The zero-order chi connectivity index (χ0) is 20.8. The third-order valence-electron chi connectivity index (χ3n) is 3.82. The van der Waals surface area contributed by atoms with E-state index >= 15 is 0 Å². The van der Waals surface area contributed by atoms with Gasteiger partial charge in [0, 0.05) is 12.6 Å². The zero-order valence-electron chi connectivity index (χ0n) is 16.5. The first-order valence-corrected chi connectivity index (χ1v) is 9.17. The van der Waals surface area contributed by atoms with Crippen LogP contribution in [0.2, 0.25) is 0 Å². The fourth-order valence-electron chi connectivity index (χ4n) is 2.24. The number of carbonyl (C=O) groups is 4. The van der Waals surface area contributed by atoms with E-state index in [1.807, 2.05) is 0 Å². The van der Waals surface area contributed by atoms with Crippen LogP contribution in [-0.4, -0.2) is 60.1 Å². The number of hydrogen-bond donors (Lipinski definition) is 1. The molecule has 0 aromatic carbocycles. The minimum absolute atomic E-state index is 0.121. The fourth-order valence-corrected chi connectivity index (χ4v) is 2.24. The molecule has 0 heterocycles. The molecule has 0 aromatic rings. The number of unbranched alkanes of at least 4 members (excludes halogenated alkanes) is 4. The Hall–Kier alpha value is -2.38. The number of carbonyl (C=O) groups excluding carboxylic acids is 3. The molecule has 8 heteroatoms. The van der Waals surface area contributed by atoms with E-state index in [-0.39, 0.29) is 18.1 Å². The standard InChI is InChI=1S/C19H31NO7/c1-5-6-7-8-9-10-15(3)27-18(24)11-14(2)19(25)26-13-16(21)20(4)12-17(22)23/h15H,2,5-13H2,1,3-4H3,(H,22,23). The molecule has 0 aliphatic carbocycles. The fraction of sp³-hybridized carbons (Fsp3) is 0.684. The lowest BCUT2D eigenvalue weighted by atomic mass is 10.1. The summed E-state index contributed by atoms with van der Waals surface area (Å²) >= 11 is 0. The Labute approximate surface area is 160 Å². The molecular formula is C19H31NO7. The zero-order valence-corrected chi connectivity index (χ0v) is 16.5. The molecule has 0 rings (SSSR count). The van der Waals surface area contributed by atoms with Crippen LogP contribution in [0.4, 0.5) is 0 Å². The molecule has 0 radical (unpaired) electrons. The van der Waals surface area contributed by atoms with Gasteiger partial charge < -0.3 is 19.5 Å². The topological polar surface area (TPSA) is 110 Å². The smallest absolute Gasteiger partial charge is 0.334 e. The van der Waals surface area contributed by atoms with E-state index in [0.717, 1.165) is 24.2 Å². The molecular weight excluding hydrogens is 354 g/mol. The van der Waals surface area contributed by atoms with Crippen molar-refractivity contribution >= 4 is 23.8 Å². The van der Waals surface area contributed by atoms with Crippen molar-refractivity contribution in [3.63, 3.8) is 0 Å². The van der Waals surface area contributed by atoms with Crippen molar-refractivity contribution in [1.29, 1.82) is 0 Å². The third-order valence-corrected chi connectivity index (χ3v) is 3.82. The van der Waals surface area contributed by atoms with E-state index in [9.17, 15) is 19.2 Å². The molecule has 0 saturated heterocycles. The Balaban J connectivity index is 4.09. The second-order valence-electron chi connectivity index (χ2n) is 6.50. The van der Waals surface area contributed by atoms with Gasteiger partial charge in [0.25, 0.3) is 5.91 Å². The van der Waals surface area contributed by atoms with Crippen molar-refractivity contribution in [3.05, 3.63) is 12.2 Å². The Kier molecular flexibility index (Phi) is 12.6. The summed E-state index contributed by atoms with van der Waals surface area (Å²) in [5.74, 6) is -3.31. The lowest BCUT2D eigenvalue weighted by Crippen LogP contribution is -2.35. The predicted octanol–water partition coefficient (Wildman–Crippen LogP) is 2.31. The van der Waals surface area contributed by atoms with Gasteiger partial charge in [0.2, 0.25) is 0 Å². The van der Waals surface area contributed by atoms with Gasteiger partial charge in [-0.25, -0.2) is 4.79 Å². The van der Waals surface area contributed by atoms with Gasteiger partial charge in [0.05, 0.1) is 12.5 Å². The number of amides is 1. The number of likely N-dealkylation sites (N-methyl/N-ethyl adjacent to an activating group) is 1. The van der Waals surface area contributed by atoms with E-state index in [4.69, 9.17) is 14.6 Å². The Morgan fingerprint density at radius 2 is 1.74 bits per heavy atom. The van der Waals surface area contributed by atoms with E-state index in [0.29, 0.717) is 0 Å². The van der Waals surface area contributed by atoms with Gasteiger partial charge in [-0.1, -0.05) is 39.2 Å². The first-order valence-electron chi connectivity index (χ1n) is 9.17. The van der Waals surface area contributed by atoms with Gasteiger partial charge in [-0.05, 0) is 19.8 Å². The summed E-state index contributed by atoms with van der Waals surface area (Å²) < 4.78 is 9.98. The molecule has 0 saturated carbocycles. The number of carboxylic acids is 1. The summed E-state index contributed by atoms with van der Waals surface area (Å²) in [6, 6.07) is 0. The van der Waals surface area contributed by atoms with E-state index in [1.165, 1.54) is 26.3 Å². The lowest BCUT2D eigenvalue weighted by Gasteiger charge is -2.15. The van der Waals surface area contributed by atoms with Gasteiger partial charge in [-0.3, -0.25) is 14.4 Å². The van der Waals surface area contributed by atoms with Crippen molar-refractivity contribution in [1.82, 2.24) is 4.90 Å². The monoisotopic (exact) mass is 385 g/mol. The number of ether oxygens (including phenoxy) is 2. The van der Waals surface area contributed by atoms with Crippen LogP contribution in [0.25, 0.3) is 0 Å². The molecule has 154 valence electrons. The first kappa shape index (κ1) is 24.6. The lowest BCUT2D eigenvalue weighted by molar-refractivity contribution is -0.153. The largest absolute Gasteiger partial charge is 0.480 e. The van der Waals surface area contributed by atoms with Gasteiger partial charge in [-0.2, -0.15) is 0 Å². The van der Waals surface area contributed by atoms with Crippen LogP contribution in [0.15, 0.2) is 12.2 Å². The summed E-state index contributed by atoms with van der Waals surface area (Å²) in [7, 11) is 1.28. The number of carboxylic acid groups (broad SMARTS) is 1. The second-order valence-corrected chi connectivity index (χ2v) is 6.50. The van der Waals surface area contributed by atoms with Crippen LogP contribution in [0, 0.1) is 0 Å². The van der Waals surface area contributed by atoms with Crippen LogP contribution >= 0.6 is 0 Å². The van der Waals surface area contributed by atoms with Gasteiger partial charge in [0.1, 0.15) is 6.54 Å². The molecule has 0 aromatic heterocycles. The van der Waals surface area contributed by atoms with Crippen molar-refractivity contribution in [2.45, 2.75) is 64.9 Å². The molecule has 27 heavy (non-hydrogen) atoms. The number of rotatable bonds is 14. The van der Waals surface area contributed by atoms with E-state index in [2.05, 4.69) is 13.5 Å². The predicted molar refractivity (Wildman–Crippen MR) is 98.9 cm³/mol. The number of nitrogens with zero attached hydrogens (tertiary/aromatic N) is 1. The van der Waals surface area contributed by atoms with Gasteiger partial charge in [-0.15, -0.1) is 0 Å². The maximum Gasteiger partial charge on any atom is 0.334 e. The molecule has 0 aliphatic rings. The molecule has 0 aliphatic heterocycles. The quantitative estimate of drug-likeness (QED) is 0.277. The normalized spacial score (nSPS) is 11.4. The Bertz CT molecular complexity index is 530. The van der Waals surface area contributed by atoms with Crippen LogP contribution < -0.4 is 0 Å². The molecule has 1 N–H and O–H groups in total. The summed E-state index contributed by atoms with van der Waals surface area (Å²) in [6.07, 6.45) is 5.81. The highest BCUT2D eigenvalue weighted by molar-refractivity contribution is 5.94. The summed E-state index contributed by atoms with van der Waals surface area (Å²) in [5.41, 5.74) is -0.121. The molecule has 8 nitrogen and oxygen atoms in total. The van der Waals surface area contributed by atoms with Crippen LogP contribution in [0.1, 0.15) is 58.8 Å². The highest BCUT2D eigenvalue weighted by atomic mass is 16.5. The number of aliphatic carboxylic acids is 1. The minimum atomic E-state index is -1.18. The summed E-state index contributed by atoms with van der Waals surface area (Å²) in [6.45, 7) is 6.30. The average molecular weight is 385 g/mol. The molecule has 0 spiro atoms. The van der Waals surface area contributed by atoms with Crippen molar-refractivity contribution in [3.8, 4) is 0 Å². The molecule has 1 unspecified atom stereocenters. The maximum absolute atomic E-state index is 11.8. The molecule has 1 amide bonds.